The highest BCUT2D eigenvalue weighted by atomic mass is 19.1. The van der Waals surface area contributed by atoms with E-state index >= 15 is 0 Å². The molecule has 1 aromatic carbocycles. The number of aromatic nitrogens is 2. The predicted molar refractivity (Wildman–Crippen MR) is 124 cm³/mol. The van der Waals surface area contributed by atoms with E-state index in [1.54, 1.807) is 29.3 Å². The third kappa shape index (κ3) is 4.33. The highest BCUT2D eigenvalue weighted by Gasteiger charge is 2.22. The minimum Gasteiger partial charge on any atom is -0.384 e. The Labute approximate surface area is 187 Å². The number of carbonyl (C=O) groups excluding carboxylic acids is 1. The molecule has 1 fully saturated rings. The number of hydrogen-bond acceptors (Lipinski definition) is 4. The van der Waals surface area contributed by atoms with Crippen molar-refractivity contribution in [1.82, 2.24) is 14.9 Å². The van der Waals surface area contributed by atoms with E-state index < -0.39 is 5.82 Å². The minimum atomic E-state index is -0.524. The summed E-state index contributed by atoms with van der Waals surface area (Å²) >= 11 is 0. The number of hydrogen-bond donors (Lipinski definition) is 1. The molecule has 0 spiro atoms. The van der Waals surface area contributed by atoms with Crippen molar-refractivity contribution in [3.8, 4) is 23.0 Å². The Hall–Kier alpha value is -3.72. The highest BCUT2D eigenvalue weighted by Crippen LogP contribution is 2.27. The number of halogens is 1. The fourth-order valence-electron chi connectivity index (χ4n) is 3.94. The van der Waals surface area contributed by atoms with E-state index in [-0.39, 0.29) is 11.5 Å². The number of nitrogens with two attached hydrogens (primary N) is 1. The maximum Gasteiger partial charge on any atom is 0.256 e. The second kappa shape index (κ2) is 9.19. The van der Waals surface area contributed by atoms with Crippen LogP contribution >= 0.6 is 0 Å². The molecule has 0 radical (unpaired) electrons. The van der Waals surface area contributed by atoms with Crippen LogP contribution in [0.3, 0.4) is 0 Å². The number of aryl methyl sites for hydroxylation is 2. The molecule has 3 aromatic rings. The van der Waals surface area contributed by atoms with E-state index in [0.29, 0.717) is 36.5 Å². The molecule has 0 saturated carbocycles. The fourth-order valence-corrected chi connectivity index (χ4v) is 3.94. The maximum atomic E-state index is 14.9. The van der Waals surface area contributed by atoms with Crippen LogP contribution in [0.15, 0.2) is 42.6 Å². The van der Waals surface area contributed by atoms with Gasteiger partial charge in [0.25, 0.3) is 5.91 Å². The predicted octanol–water partition coefficient (Wildman–Crippen LogP) is 4.37. The van der Waals surface area contributed by atoms with Crippen molar-refractivity contribution in [2.45, 2.75) is 33.1 Å². The molecule has 1 saturated heterocycles. The van der Waals surface area contributed by atoms with Crippen molar-refractivity contribution in [2.24, 2.45) is 0 Å². The van der Waals surface area contributed by atoms with Crippen LogP contribution in [0.4, 0.5) is 10.2 Å². The summed E-state index contributed by atoms with van der Waals surface area (Å²) in [6, 6.07) is 10.1. The van der Waals surface area contributed by atoms with Gasteiger partial charge in [-0.05, 0) is 62.1 Å². The van der Waals surface area contributed by atoms with Gasteiger partial charge < -0.3 is 10.6 Å². The molecule has 0 unspecified atom stereocenters. The number of amides is 1. The SMILES string of the molecule is CCc1nc(N)ccc1C#Cc1c(-c2ccc(C(=O)N3CCCC3)c(F)c2)ccnc1C. The lowest BCUT2D eigenvalue weighted by molar-refractivity contribution is 0.0788. The first kappa shape index (κ1) is 21.5. The quantitative estimate of drug-likeness (QED) is 0.629. The number of pyridine rings is 2. The molecule has 0 atom stereocenters. The summed E-state index contributed by atoms with van der Waals surface area (Å²) in [5, 5.41) is 0. The van der Waals surface area contributed by atoms with Crippen molar-refractivity contribution in [3.63, 3.8) is 0 Å². The largest absolute Gasteiger partial charge is 0.384 e. The van der Waals surface area contributed by atoms with Gasteiger partial charge in [0.2, 0.25) is 0 Å². The molecular formula is C26H25FN4O. The van der Waals surface area contributed by atoms with E-state index in [0.717, 1.165) is 35.4 Å². The van der Waals surface area contributed by atoms with Crippen molar-refractivity contribution in [1.29, 1.82) is 0 Å². The van der Waals surface area contributed by atoms with Gasteiger partial charge in [-0.2, -0.15) is 0 Å². The lowest BCUT2D eigenvalue weighted by Gasteiger charge is -2.16. The van der Waals surface area contributed by atoms with Gasteiger partial charge in [0, 0.05) is 30.4 Å². The van der Waals surface area contributed by atoms with Crippen molar-refractivity contribution >= 4 is 11.7 Å². The monoisotopic (exact) mass is 428 g/mol. The molecule has 6 heteroatoms. The average Bonchev–Trinajstić information content (AvgIpc) is 3.33. The van der Waals surface area contributed by atoms with Crippen molar-refractivity contribution in [2.75, 3.05) is 18.8 Å². The molecule has 0 aliphatic carbocycles. The topological polar surface area (TPSA) is 72.1 Å². The fraction of sp³-hybridized carbons (Fsp3) is 0.269. The van der Waals surface area contributed by atoms with Crippen LogP contribution in [0.5, 0.6) is 0 Å². The highest BCUT2D eigenvalue weighted by molar-refractivity contribution is 5.95. The number of carbonyl (C=O) groups is 1. The van der Waals surface area contributed by atoms with E-state index in [1.807, 2.05) is 26.0 Å². The first-order valence-electron chi connectivity index (χ1n) is 10.8. The number of benzene rings is 1. The number of likely N-dealkylation sites (tertiary alicyclic amines) is 1. The van der Waals surface area contributed by atoms with Gasteiger partial charge in [-0.25, -0.2) is 9.37 Å². The molecule has 2 aromatic heterocycles. The van der Waals surface area contributed by atoms with E-state index in [2.05, 4.69) is 21.8 Å². The summed E-state index contributed by atoms with van der Waals surface area (Å²) in [6.07, 6.45) is 4.32. The third-order valence-electron chi connectivity index (χ3n) is 5.70. The normalized spacial score (nSPS) is 13.0. The zero-order valence-electron chi connectivity index (χ0n) is 18.3. The lowest BCUT2D eigenvalue weighted by Crippen LogP contribution is -2.28. The second-order valence-electron chi connectivity index (χ2n) is 7.85. The van der Waals surface area contributed by atoms with Gasteiger partial charge in [-0.3, -0.25) is 9.78 Å². The van der Waals surface area contributed by atoms with Crippen LogP contribution in [-0.4, -0.2) is 33.9 Å². The average molecular weight is 429 g/mol. The molecule has 1 amide bonds. The molecule has 1 aliphatic heterocycles. The molecule has 162 valence electrons. The molecule has 0 bridgehead atoms. The summed E-state index contributed by atoms with van der Waals surface area (Å²) in [5.74, 6) is 6.07. The van der Waals surface area contributed by atoms with Crippen LogP contribution < -0.4 is 5.73 Å². The van der Waals surface area contributed by atoms with Gasteiger partial charge in [-0.15, -0.1) is 0 Å². The van der Waals surface area contributed by atoms with Crippen LogP contribution in [0.25, 0.3) is 11.1 Å². The summed E-state index contributed by atoms with van der Waals surface area (Å²) in [6.45, 7) is 5.24. The van der Waals surface area contributed by atoms with Crippen molar-refractivity contribution < 1.29 is 9.18 Å². The van der Waals surface area contributed by atoms with Gasteiger partial charge in [0.15, 0.2) is 0 Å². The lowest BCUT2D eigenvalue weighted by atomic mass is 9.97. The molecule has 4 rings (SSSR count). The maximum absolute atomic E-state index is 14.9. The first-order valence-corrected chi connectivity index (χ1v) is 10.8. The van der Waals surface area contributed by atoms with Gasteiger partial charge in [0.1, 0.15) is 11.6 Å². The molecule has 32 heavy (non-hydrogen) atoms. The first-order chi connectivity index (χ1) is 15.5. The smallest absolute Gasteiger partial charge is 0.256 e. The van der Waals surface area contributed by atoms with E-state index in [4.69, 9.17) is 5.73 Å². The van der Waals surface area contributed by atoms with Gasteiger partial charge in [0.05, 0.1) is 22.5 Å². The zero-order valence-corrected chi connectivity index (χ0v) is 18.3. The summed E-state index contributed by atoms with van der Waals surface area (Å²) in [5.41, 5.74) is 10.4. The number of rotatable bonds is 3. The van der Waals surface area contributed by atoms with Crippen molar-refractivity contribution in [3.05, 3.63) is 76.5 Å². The minimum absolute atomic E-state index is 0.106. The molecule has 1 aliphatic rings. The Morgan fingerprint density at radius 2 is 1.94 bits per heavy atom. The number of nitrogens with zero attached hydrogens (tertiary/aromatic N) is 3. The Bertz CT molecular complexity index is 1240. The van der Waals surface area contributed by atoms with E-state index in [1.165, 1.54) is 6.07 Å². The van der Waals surface area contributed by atoms with Crippen LogP contribution in [0, 0.1) is 24.6 Å². The standard InChI is InChI=1S/C26H25FN4O/c1-3-24-18(8-11-25(28)30-24)6-9-20-17(2)29-13-12-21(20)19-7-10-22(23(27)16-19)26(32)31-14-4-5-15-31/h7-8,10-13,16H,3-5,14-15H2,1-2H3,(H2,28,30). The summed E-state index contributed by atoms with van der Waals surface area (Å²) in [4.78, 5) is 23.0. The number of nitrogen functional groups attached to an aromatic ring is 1. The summed E-state index contributed by atoms with van der Waals surface area (Å²) in [7, 11) is 0. The Morgan fingerprint density at radius 1 is 1.16 bits per heavy atom. The van der Waals surface area contributed by atoms with Crippen LogP contribution in [-0.2, 0) is 6.42 Å². The van der Waals surface area contributed by atoms with Crippen LogP contribution in [0.2, 0.25) is 0 Å². The molecule has 2 N–H and O–H groups in total. The Balaban J connectivity index is 1.72. The third-order valence-corrected chi connectivity index (χ3v) is 5.70. The van der Waals surface area contributed by atoms with Gasteiger partial charge in [-0.1, -0.05) is 24.8 Å². The van der Waals surface area contributed by atoms with Gasteiger partial charge >= 0.3 is 0 Å². The molecule has 5 nitrogen and oxygen atoms in total. The Morgan fingerprint density at radius 3 is 2.66 bits per heavy atom. The molecular weight excluding hydrogens is 403 g/mol. The second-order valence-corrected chi connectivity index (χ2v) is 7.85. The summed E-state index contributed by atoms with van der Waals surface area (Å²) < 4.78 is 14.9. The van der Waals surface area contributed by atoms with Crippen LogP contribution in [0.1, 0.15) is 52.6 Å². The Kier molecular flexibility index (Phi) is 6.18. The van der Waals surface area contributed by atoms with E-state index in [9.17, 15) is 9.18 Å². The zero-order chi connectivity index (χ0) is 22.7. The molecule has 3 heterocycles. The number of anilines is 1.